The number of amides is 1. The Balaban J connectivity index is 1.72. The number of ether oxygens (including phenoxy) is 1. The van der Waals surface area contributed by atoms with Crippen molar-refractivity contribution >= 4 is 13.5 Å². The summed E-state index contributed by atoms with van der Waals surface area (Å²) in [7, 11) is -4.35. The van der Waals surface area contributed by atoms with Crippen molar-refractivity contribution in [3.05, 3.63) is 48.3 Å². The molecular formula is C15H17N4O8P. The number of aromatic hydroxyl groups is 1. The summed E-state index contributed by atoms with van der Waals surface area (Å²) in [5.41, 5.74) is 5.05. The number of benzene rings is 1. The fourth-order valence-electron chi connectivity index (χ4n) is 2.47. The lowest BCUT2D eigenvalue weighted by Crippen LogP contribution is -2.31. The molecule has 1 aromatic carbocycles. The van der Waals surface area contributed by atoms with Crippen LogP contribution in [0.2, 0.25) is 0 Å². The minimum absolute atomic E-state index is 0.203. The van der Waals surface area contributed by atoms with Crippen molar-refractivity contribution < 1.29 is 38.8 Å². The zero-order valence-electron chi connectivity index (χ0n) is 14.1. The van der Waals surface area contributed by atoms with Gasteiger partial charge in [-0.2, -0.15) is 0 Å². The Labute approximate surface area is 158 Å². The predicted molar refractivity (Wildman–Crippen MR) is 92.2 cm³/mol. The van der Waals surface area contributed by atoms with Gasteiger partial charge in [-0.3, -0.25) is 4.79 Å². The third kappa shape index (κ3) is 4.21. The van der Waals surface area contributed by atoms with E-state index in [0.717, 1.165) is 22.9 Å². The van der Waals surface area contributed by atoms with Gasteiger partial charge >= 0.3 is 7.60 Å². The average molecular weight is 412 g/mol. The molecule has 2 unspecified atom stereocenters. The van der Waals surface area contributed by atoms with Crippen LogP contribution < -0.4 is 10.3 Å². The van der Waals surface area contributed by atoms with Crippen LogP contribution in [-0.2, 0) is 9.30 Å². The number of aliphatic hydroxyl groups is 2. The lowest BCUT2D eigenvalue weighted by Gasteiger charge is -2.13. The second-order valence-corrected chi connectivity index (χ2v) is 7.46. The van der Waals surface area contributed by atoms with Gasteiger partial charge < -0.3 is 35.2 Å². The number of hydrogen-bond donors (Lipinski definition) is 5. The fraction of sp³-hybridized carbons (Fsp3) is 0.267. The number of carbonyl (C=O) groups excluding carboxylic acids is 1. The molecule has 150 valence electrons. The molecule has 2 heterocycles. The number of carbonyl (C=O) groups is 1. The number of primary amides is 1. The fourth-order valence-corrected chi connectivity index (χ4v) is 3.36. The summed E-state index contributed by atoms with van der Waals surface area (Å²) in [6.45, 7) is 0. The second-order valence-electron chi connectivity index (χ2n) is 5.85. The van der Waals surface area contributed by atoms with Gasteiger partial charge in [0.15, 0.2) is 17.7 Å². The molecule has 3 rings (SSSR count). The predicted octanol–water partition coefficient (Wildman–Crippen LogP) is -0.520. The molecule has 1 amide bonds. The van der Waals surface area contributed by atoms with Gasteiger partial charge in [0.1, 0.15) is 24.6 Å². The van der Waals surface area contributed by atoms with Gasteiger partial charge in [-0.15, -0.1) is 5.10 Å². The van der Waals surface area contributed by atoms with E-state index in [1.54, 1.807) is 0 Å². The van der Waals surface area contributed by atoms with Gasteiger partial charge in [-0.1, -0.05) is 12.1 Å². The molecule has 13 heteroatoms. The van der Waals surface area contributed by atoms with Gasteiger partial charge in [0.2, 0.25) is 5.82 Å². The van der Waals surface area contributed by atoms with Gasteiger partial charge in [-0.05, 0) is 18.2 Å². The molecule has 0 saturated carbocycles. The number of nitrogens with two attached hydrogens (primary N) is 1. The Morgan fingerprint density at radius 1 is 1.32 bits per heavy atom. The van der Waals surface area contributed by atoms with Gasteiger partial charge in [0.05, 0.1) is 0 Å². The van der Waals surface area contributed by atoms with E-state index < -0.39 is 38.0 Å². The summed E-state index contributed by atoms with van der Waals surface area (Å²) < 4.78 is 23.5. The smallest absolute Gasteiger partial charge is 0.400 e. The lowest BCUT2D eigenvalue weighted by molar-refractivity contribution is -0.0346. The van der Waals surface area contributed by atoms with E-state index in [1.165, 1.54) is 24.3 Å². The van der Waals surface area contributed by atoms with Crippen molar-refractivity contribution in [1.82, 2.24) is 14.8 Å². The molecule has 0 aliphatic carbocycles. The molecule has 1 aliphatic heterocycles. The number of nitrogens with zero attached hydrogens (tertiary/aromatic N) is 3. The number of hydrogen-bond acceptors (Lipinski definition) is 9. The number of rotatable bonds is 6. The Morgan fingerprint density at radius 2 is 2.04 bits per heavy atom. The Hall–Kier alpha value is -2.76. The van der Waals surface area contributed by atoms with Crippen molar-refractivity contribution in [2.24, 2.45) is 5.73 Å². The highest BCUT2D eigenvalue weighted by Gasteiger charge is 2.43. The summed E-state index contributed by atoms with van der Waals surface area (Å²) in [4.78, 5) is 24.6. The van der Waals surface area contributed by atoms with Crippen molar-refractivity contribution in [3.8, 4) is 11.5 Å². The lowest BCUT2D eigenvalue weighted by atomic mass is 10.1. The topological polar surface area (TPSA) is 190 Å². The Morgan fingerprint density at radius 3 is 2.68 bits per heavy atom. The summed E-state index contributed by atoms with van der Waals surface area (Å²) in [5, 5.41) is 33.6. The molecular weight excluding hydrogens is 395 g/mol. The molecule has 1 fully saturated rings. The second kappa shape index (κ2) is 7.70. The Bertz CT molecular complexity index is 948. The van der Waals surface area contributed by atoms with Crippen molar-refractivity contribution in [1.29, 1.82) is 0 Å². The molecule has 0 radical (unpaired) electrons. The standard InChI is InChI=1S/C15H17N4O8P/c16-13(23)14-17-7-19(18-14)15-12(22)11(21)10(26-15)5-6-28(24,25)27-9-4-2-1-3-8(9)20/h1-7,10-12,15,20-22H,(H2,16,23)(H,24,25)/b6-5+/t10?,11-,12-,15-/m1/s1. The van der Waals surface area contributed by atoms with Gasteiger partial charge in [0, 0.05) is 5.82 Å². The first-order valence-electron chi connectivity index (χ1n) is 7.90. The largest absolute Gasteiger partial charge is 0.504 e. The molecule has 1 aromatic heterocycles. The number of aliphatic hydroxyl groups excluding tert-OH is 2. The minimum Gasteiger partial charge on any atom is -0.504 e. The highest BCUT2D eigenvalue weighted by atomic mass is 31.2. The maximum Gasteiger partial charge on any atom is 0.400 e. The van der Waals surface area contributed by atoms with Crippen LogP contribution in [0.5, 0.6) is 11.5 Å². The SMILES string of the molecule is NC(=O)c1ncn([C@@H]2OC(/C=C/P(=O)(O)Oc3ccccc3O)[C@@H](O)[C@H]2O)n1. The Kier molecular flexibility index (Phi) is 5.49. The van der Waals surface area contributed by atoms with Crippen LogP contribution in [0.3, 0.4) is 0 Å². The third-order valence-electron chi connectivity index (χ3n) is 3.82. The van der Waals surface area contributed by atoms with Crippen LogP contribution in [0, 0.1) is 0 Å². The minimum atomic E-state index is -4.35. The summed E-state index contributed by atoms with van der Waals surface area (Å²) in [6.07, 6.45) is -3.19. The number of para-hydroxylation sites is 2. The average Bonchev–Trinajstić information content (AvgIpc) is 3.22. The van der Waals surface area contributed by atoms with Gasteiger partial charge in [-0.25, -0.2) is 14.2 Å². The maximum absolute atomic E-state index is 12.2. The molecule has 5 atom stereocenters. The van der Waals surface area contributed by atoms with Crippen molar-refractivity contribution in [3.63, 3.8) is 0 Å². The van der Waals surface area contributed by atoms with E-state index in [4.69, 9.17) is 15.0 Å². The van der Waals surface area contributed by atoms with Crippen molar-refractivity contribution in [2.75, 3.05) is 0 Å². The van der Waals surface area contributed by atoms with Crippen LogP contribution in [0.15, 0.2) is 42.5 Å². The molecule has 6 N–H and O–H groups in total. The first-order chi connectivity index (χ1) is 13.2. The number of phenols is 1. The van der Waals surface area contributed by atoms with Crippen LogP contribution >= 0.6 is 7.60 Å². The van der Waals surface area contributed by atoms with Crippen LogP contribution in [0.25, 0.3) is 0 Å². The number of phenolic OH excluding ortho intramolecular Hbond substituents is 1. The first-order valence-corrected chi connectivity index (χ1v) is 9.54. The highest BCUT2D eigenvalue weighted by Crippen LogP contribution is 2.47. The zero-order chi connectivity index (χ0) is 20.5. The molecule has 28 heavy (non-hydrogen) atoms. The first kappa shape index (κ1) is 20.0. The molecule has 0 spiro atoms. The van der Waals surface area contributed by atoms with E-state index in [9.17, 15) is 29.6 Å². The number of aromatic nitrogens is 3. The van der Waals surface area contributed by atoms with Crippen LogP contribution in [-0.4, -0.2) is 59.2 Å². The maximum atomic E-state index is 12.2. The van der Waals surface area contributed by atoms with E-state index in [0.29, 0.717) is 0 Å². The highest BCUT2D eigenvalue weighted by molar-refractivity contribution is 7.56. The molecule has 2 aromatic rings. The van der Waals surface area contributed by atoms with Crippen LogP contribution in [0.1, 0.15) is 16.8 Å². The zero-order valence-corrected chi connectivity index (χ0v) is 15.0. The third-order valence-corrected chi connectivity index (χ3v) is 4.83. The summed E-state index contributed by atoms with van der Waals surface area (Å²) in [5.74, 6) is -0.955. The molecule has 1 saturated heterocycles. The normalized spacial score (nSPS) is 27.0. The molecule has 0 bridgehead atoms. The summed E-state index contributed by atoms with van der Waals surface area (Å²) >= 11 is 0. The van der Waals surface area contributed by atoms with E-state index in [-0.39, 0.29) is 17.3 Å². The van der Waals surface area contributed by atoms with E-state index in [2.05, 4.69) is 10.1 Å². The van der Waals surface area contributed by atoms with E-state index in [1.807, 2.05) is 0 Å². The van der Waals surface area contributed by atoms with Crippen LogP contribution in [0.4, 0.5) is 0 Å². The van der Waals surface area contributed by atoms with E-state index >= 15 is 0 Å². The monoisotopic (exact) mass is 412 g/mol. The van der Waals surface area contributed by atoms with Crippen molar-refractivity contribution in [2.45, 2.75) is 24.5 Å². The molecule has 12 nitrogen and oxygen atoms in total. The quantitative estimate of drug-likeness (QED) is 0.386. The molecule has 1 aliphatic rings. The van der Waals surface area contributed by atoms with Gasteiger partial charge in [0.25, 0.3) is 5.91 Å². The summed E-state index contributed by atoms with van der Waals surface area (Å²) in [6, 6.07) is 5.59.